The van der Waals surface area contributed by atoms with E-state index in [1.54, 1.807) is 0 Å². The lowest BCUT2D eigenvalue weighted by molar-refractivity contribution is -0.151. The lowest BCUT2D eigenvalue weighted by atomic mass is 9.73. The molecule has 1 fully saturated rings. The Morgan fingerprint density at radius 2 is 2.00 bits per heavy atom. The fraction of sp³-hybridized carbons (Fsp3) is 1.00. The Labute approximate surface area is 101 Å². The van der Waals surface area contributed by atoms with Crippen LogP contribution in [0.1, 0.15) is 58.8 Å². The average molecular weight is 252 g/mol. The van der Waals surface area contributed by atoms with E-state index < -0.39 is 18.2 Å². The summed E-state index contributed by atoms with van der Waals surface area (Å²) in [4.78, 5) is 0. The Balaban J connectivity index is 2.45. The van der Waals surface area contributed by atoms with Gasteiger partial charge in [-0.25, -0.2) is 0 Å². The molecule has 0 aromatic rings. The molecule has 0 spiro atoms. The Bertz CT molecular complexity index is 237. The van der Waals surface area contributed by atoms with Crippen LogP contribution < -0.4 is 0 Å². The quantitative estimate of drug-likeness (QED) is 0.791. The van der Waals surface area contributed by atoms with Gasteiger partial charge in [-0.1, -0.05) is 26.7 Å². The van der Waals surface area contributed by atoms with Gasteiger partial charge in [0.25, 0.3) is 0 Å². The molecular weight excluding hydrogens is 229 g/mol. The van der Waals surface area contributed by atoms with Gasteiger partial charge in [-0.05, 0) is 37.5 Å². The summed E-state index contributed by atoms with van der Waals surface area (Å²) in [5.41, 5.74) is -1.08. The molecule has 0 heterocycles. The third kappa shape index (κ3) is 5.75. The van der Waals surface area contributed by atoms with Gasteiger partial charge in [-0.15, -0.1) is 0 Å². The summed E-state index contributed by atoms with van der Waals surface area (Å²) in [7, 11) is 0. The molecule has 0 radical (unpaired) electrons. The second-order valence-corrected chi connectivity index (χ2v) is 5.93. The largest absolute Gasteiger partial charge is 0.390 e. The lowest BCUT2D eigenvalue weighted by Gasteiger charge is -2.37. The van der Waals surface area contributed by atoms with Gasteiger partial charge in [0.2, 0.25) is 0 Å². The third-order valence-corrected chi connectivity index (χ3v) is 3.60. The second kappa shape index (κ2) is 5.59. The Morgan fingerprint density at radius 1 is 1.35 bits per heavy atom. The van der Waals surface area contributed by atoms with Crippen LogP contribution in [0.5, 0.6) is 0 Å². The highest BCUT2D eigenvalue weighted by atomic mass is 19.4. The molecule has 0 bridgehead atoms. The first kappa shape index (κ1) is 14.8. The van der Waals surface area contributed by atoms with Crippen molar-refractivity contribution in [2.75, 3.05) is 0 Å². The standard InChI is InChI=1S/C13H23F3O/c1-10(2)8-11-4-3-5-12(17,9-11)6-7-13(14,15)16/h10-11,17H,3-9H2,1-2H3. The van der Waals surface area contributed by atoms with Gasteiger partial charge >= 0.3 is 6.18 Å². The van der Waals surface area contributed by atoms with E-state index in [-0.39, 0.29) is 6.42 Å². The predicted molar refractivity (Wildman–Crippen MR) is 61.7 cm³/mol. The molecule has 2 atom stereocenters. The maximum absolute atomic E-state index is 12.2. The van der Waals surface area contributed by atoms with Gasteiger partial charge in [0.15, 0.2) is 0 Å². The van der Waals surface area contributed by atoms with Crippen molar-refractivity contribution >= 4 is 0 Å². The summed E-state index contributed by atoms with van der Waals surface area (Å²) in [6, 6.07) is 0. The monoisotopic (exact) mass is 252 g/mol. The summed E-state index contributed by atoms with van der Waals surface area (Å²) in [5.74, 6) is 0.937. The highest BCUT2D eigenvalue weighted by molar-refractivity contribution is 4.87. The van der Waals surface area contributed by atoms with Crippen LogP contribution in [-0.4, -0.2) is 16.9 Å². The maximum Gasteiger partial charge on any atom is 0.389 e. The molecule has 1 nitrogen and oxygen atoms in total. The molecule has 1 rings (SSSR count). The van der Waals surface area contributed by atoms with Gasteiger partial charge in [0.05, 0.1) is 5.60 Å². The first-order chi connectivity index (χ1) is 7.70. The Kier molecular flexibility index (Phi) is 4.87. The van der Waals surface area contributed by atoms with Crippen molar-refractivity contribution in [3.05, 3.63) is 0 Å². The fourth-order valence-electron chi connectivity index (χ4n) is 2.93. The molecule has 102 valence electrons. The summed E-state index contributed by atoms with van der Waals surface area (Å²) >= 11 is 0. The molecule has 2 unspecified atom stereocenters. The zero-order chi connectivity index (χ0) is 13.1. The van der Waals surface area contributed by atoms with E-state index in [1.807, 2.05) is 0 Å². The van der Waals surface area contributed by atoms with Gasteiger partial charge in [0, 0.05) is 6.42 Å². The van der Waals surface area contributed by atoms with Crippen LogP contribution in [0.15, 0.2) is 0 Å². The molecule has 1 aliphatic carbocycles. The van der Waals surface area contributed by atoms with E-state index in [0.29, 0.717) is 24.7 Å². The number of aliphatic hydroxyl groups is 1. The highest BCUT2D eigenvalue weighted by Crippen LogP contribution is 2.40. The Morgan fingerprint density at radius 3 is 2.53 bits per heavy atom. The first-order valence-electron chi connectivity index (χ1n) is 6.49. The number of hydrogen-bond acceptors (Lipinski definition) is 1. The predicted octanol–water partition coefficient (Wildman–Crippen LogP) is 4.30. The van der Waals surface area contributed by atoms with Crippen molar-refractivity contribution in [1.82, 2.24) is 0 Å². The second-order valence-electron chi connectivity index (χ2n) is 5.93. The summed E-state index contributed by atoms with van der Waals surface area (Å²) in [6.07, 6.45) is -1.17. The number of halogens is 3. The highest BCUT2D eigenvalue weighted by Gasteiger charge is 2.38. The van der Waals surface area contributed by atoms with Crippen molar-refractivity contribution in [2.24, 2.45) is 11.8 Å². The molecule has 0 aliphatic heterocycles. The van der Waals surface area contributed by atoms with Crippen molar-refractivity contribution < 1.29 is 18.3 Å². The van der Waals surface area contributed by atoms with E-state index in [2.05, 4.69) is 13.8 Å². The van der Waals surface area contributed by atoms with E-state index in [1.165, 1.54) is 0 Å². The van der Waals surface area contributed by atoms with E-state index >= 15 is 0 Å². The molecule has 1 saturated carbocycles. The summed E-state index contributed by atoms with van der Waals surface area (Å²) < 4.78 is 36.5. The molecule has 0 saturated heterocycles. The minimum atomic E-state index is -4.15. The summed E-state index contributed by atoms with van der Waals surface area (Å²) in [6.45, 7) is 4.23. The first-order valence-corrected chi connectivity index (χ1v) is 6.49. The zero-order valence-electron chi connectivity index (χ0n) is 10.7. The number of alkyl halides is 3. The minimum absolute atomic E-state index is 0.134. The topological polar surface area (TPSA) is 20.2 Å². The van der Waals surface area contributed by atoms with E-state index in [9.17, 15) is 18.3 Å². The molecule has 1 N–H and O–H groups in total. The molecule has 0 aromatic carbocycles. The van der Waals surface area contributed by atoms with Crippen LogP contribution in [0.25, 0.3) is 0 Å². The van der Waals surface area contributed by atoms with Crippen LogP contribution in [-0.2, 0) is 0 Å². The number of hydrogen-bond donors (Lipinski definition) is 1. The third-order valence-electron chi connectivity index (χ3n) is 3.60. The van der Waals surface area contributed by atoms with Gasteiger partial charge in [-0.2, -0.15) is 13.2 Å². The normalized spacial score (nSPS) is 30.9. The van der Waals surface area contributed by atoms with Crippen molar-refractivity contribution in [2.45, 2.75) is 70.6 Å². The Hall–Kier alpha value is -0.250. The van der Waals surface area contributed by atoms with Gasteiger partial charge < -0.3 is 5.11 Å². The van der Waals surface area contributed by atoms with Crippen LogP contribution in [0.3, 0.4) is 0 Å². The average Bonchev–Trinajstić information content (AvgIpc) is 2.13. The summed E-state index contributed by atoms with van der Waals surface area (Å²) in [5, 5.41) is 10.2. The van der Waals surface area contributed by atoms with E-state index in [0.717, 1.165) is 19.3 Å². The van der Waals surface area contributed by atoms with Crippen LogP contribution in [0.4, 0.5) is 13.2 Å². The van der Waals surface area contributed by atoms with Crippen molar-refractivity contribution in [3.63, 3.8) is 0 Å². The number of rotatable bonds is 4. The molecule has 0 aromatic heterocycles. The SMILES string of the molecule is CC(C)CC1CCCC(O)(CCC(F)(F)F)C1. The molecule has 17 heavy (non-hydrogen) atoms. The molecule has 0 amide bonds. The minimum Gasteiger partial charge on any atom is -0.390 e. The maximum atomic E-state index is 12.2. The zero-order valence-corrected chi connectivity index (χ0v) is 10.7. The lowest BCUT2D eigenvalue weighted by Crippen LogP contribution is -2.36. The van der Waals surface area contributed by atoms with Gasteiger partial charge in [0.1, 0.15) is 0 Å². The van der Waals surface area contributed by atoms with Crippen molar-refractivity contribution in [1.29, 1.82) is 0 Å². The fourth-order valence-corrected chi connectivity index (χ4v) is 2.93. The van der Waals surface area contributed by atoms with Crippen LogP contribution >= 0.6 is 0 Å². The van der Waals surface area contributed by atoms with E-state index in [4.69, 9.17) is 0 Å². The van der Waals surface area contributed by atoms with Crippen LogP contribution in [0.2, 0.25) is 0 Å². The van der Waals surface area contributed by atoms with Crippen LogP contribution in [0, 0.1) is 11.8 Å². The smallest absolute Gasteiger partial charge is 0.389 e. The van der Waals surface area contributed by atoms with Crippen molar-refractivity contribution in [3.8, 4) is 0 Å². The molecule has 4 heteroatoms. The molecular formula is C13H23F3O. The van der Waals surface area contributed by atoms with Gasteiger partial charge in [-0.3, -0.25) is 0 Å². The molecule has 1 aliphatic rings.